The highest BCUT2D eigenvalue weighted by atomic mass is 16.6. The smallest absolute Gasteiger partial charge is 0.325 e. The van der Waals surface area contributed by atoms with Gasteiger partial charge in [0.25, 0.3) is 11.6 Å². The summed E-state index contributed by atoms with van der Waals surface area (Å²) in [5.41, 5.74) is 0.666. The topological polar surface area (TPSA) is 102 Å². The number of rotatable bonds is 5. The molecule has 1 aromatic rings. The molecule has 3 rings (SSSR count). The molecule has 0 bridgehead atoms. The van der Waals surface area contributed by atoms with Crippen molar-refractivity contribution in [2.45, 2.75) is 38.1 Å². The summed E-state index contributed by atoms with van der Waals surface area (Å²) in [4.78, 5) is 36.6. The lowest BCUT2D eigenvalue weighted by Gasteiger charge is -2.32. The zero-order valence-electron chi connectivity index (χ0n) is 14.8. The number of amides is 1. The molecule has 8 nitrogen and oxygen atoms in total. The summed E-state index contributed by atoms with van der Waals surface area (Å²) in [7, 11) is 1.22. The standard InChI is InChI=1S/C18H23N3O5/c1-26-17(22)11-19-18(23)13-6-7-15(16(10-13)21(24)25)20-9-8-12-4-2-3-5-14(12)20/h6-7,10,12,14H,2-5,8-9,11H2,1H3,(H,19,23). The lowest BCUT2D eigenvalue weighted by atomic mass is 9.85. The van der Waals surface area contributed by atoms with Crippen molar-refractivity contribution >= 4 is 23.3 Å². The van der Waals surface area contributed by atoms with E-state index in [1.54, 1.807) is 12.1 Å². The fourth-order valence-corrected chi connectivity index (χ4v) is 4.09. The number of nitrogens with zero attached hydrogens (tertiary/aromatic N) is 2. The number of esters is 1. The number of nitro benzene ring substituents is 1. The largest absolute Gasteiger partial charge is 0.468 e. The van der Waals surface area contributed by atoms with Crippen LogP contribution in [0.1, 0.15) is 42.5 Å². The van der Waals surface area contributed by atoms with Gasteiger partial charge < -0.3 is 15.0 Å². The van der Waals surface area contributed by atoms with Crippen LogP contribution in [0.4, 0.5) is 11.4 Å². The number of ether oxygens (including phenoxy) is 1. The normalized spacial score (nSPS) is 21.8. The Morgan fingerprint density at radius 3 is 2.81 bits per heavy atom. The van der Waals surface area contributed by atoms with Gasteiger partial charge in [0.1, 0.15) is 12.2 Å². The van der Waals surface area contributed by atoms with E-state index in [0.717, 1.165) is 25.8 Å². The molecule has 2 aliphatic rings. The van der Waals surface area contributed by atoms with Crippen LogP contribution in [0.5, 0.6) is 0 Å². The molecular weight excluding hydrogens is 338 g/mol. The van der Waals surface area contributed by atoms with Gasteiger partial charge in [0.15, 0.2) is 0 Å². The summed E-state index contributed by atoms with van der Waals surface area (Å²) < 4.78 is 4.47. The summed E-state index contributed by atoms with van der Waals surface area (Å²) in [5, 5.41) is 14.0. The minimum absolute atomic E-state index is 0.0676. The van der Waals surface area contributed by atoms with Gasteiger partial charge in [-0.05, 0) is 37.3 Å². The molecule has 26 heavy (non-hydrogen) atoms. The number of methoxy groups -OCH3 is 1. The van der Waals surface area contributed by atoms with E-state index in [2.05, 4.69) is 15.0 Å². The predicted molar refractivity (Wildman–Crippen MR) is 95.2 cm³/mol. The van der Waals surface area contributed by atoms with Crippen molar-refractivity contribution in [3.63, 3.8) is 0 Å². The van der Waals surface area contributed by atoms with Gasteiger partial charge in [-0.2, -0.15) is 0 Å². The van der Waals surface area contributed by atoms with E-state index >= 15 is 0 Å². The molecule has 2 atom stereocenters. The Hall–Kier alpha value is -2.64. The Labute approximate surface area is 151 Å². The van der Waals surface area contributed by atoms with Gasteiger partial charge in [0.05, 0.1) is 12.0 Å². The number of nitro groups is 1. The van der Waals surface area contributed by atoms with E-state index < -0.39 is 16.8 Å². The summed E-state index contributed by atoms with van der Waals surface area (Å²) in [5.74, 6) is -0.515. The van der Waals surface area contributed by atoms with E-state index in [1.807, 2.05) is 0 Å². The molecule has 1 saturated carbocycles. The second-order valence-electron chi connectivity index (χ2n) is 6.81. The van der Waals surface area contributed by atoms with Gasteiger partial charge in [-0.1, -0.05) is 12.8 Å². The van der Waals surface area contributed by atoms with Crippen LogP contribution in [-0.2, 0) is 9.53 Å². The Morgan fingerprint density at radius 2 is 2.08 bits per heavy atom. The first-order valence-electron chi connectivity index (χ1n) is 8.91. The Kier molecular flexibility index (Phi) is 5.39. The van der Waals surface area contributed by atoms with Gasteiger partial charge in [0, 0.05) is 24.2 Å². The highest BCUT2D eigenvalue weighted by molar-refractivity contribution is 5.97. The van der Waals surface area contributed by atoms with Gasteiger partial charge in [-0.15, -0.1) is 0 Å². The monoisotopic (exact) mass is 361 g/mol. The summed E-state index contributed by atoms with van der Waals surface area (Å²) in [6.07, 6.45) is 5.69. The molecule has 0 spiro atoms. The van der Waals surface area contributed by atoms with Crippen LogP contribution in [0.2, 0.25) is 0 Å². The number of anilines is 1. The van der Waals surface area contributed by atoms with Crippen molar-refractivity contribution in [3.05, 3.63) is 33.9 Å². The van der Waals surface area contributed by atoms with Gasteiger partial charge in [0.2, 0.25) is 0 Å². The first-order chi connectivity index (χ1) is 12.5. The van der Waals surface area contributed by atoms with Crippen LogP contribution in [0.15, 0.2) is 18.2 Å². The minimum Gasteiger partial charge on any atom is -0.468 e. The number of carbonyl (C=O) groups excluding carboxylic acids is 2. The first kappa shape index (κ1) is 18.2. The average molecular weight is 361 g/mol. The van der Waals surface area contributed by atoms with Crippen molar-refractivity contribution in [1.29, 1.82) is 0 Å². The molecule has 1 aliphatic carbocycles. The second-order valence-corrected chi connectivity index (χ2v) is 6.81. The van der Waals surface area contributed by atoms with Crippen molar-refractivity contribution in [2.75, 3.05) is 25.1 Å². The van der Waals surface area contributed by atoms with Crippen molar-refractivity contribution in [1.82, 2.24) is 5.32 Å². The second kappa shape index (κ2) is 7.72. The molecule has 1 aromatic carbocycles. The Morgan fingerprint density at radius 1 is 1.31 bits per heavy atom. The lowest BCUT2D eigenvalue weighted by Crippen LogP contribution is -2.35. The van der Waals surface area contributed by atoms with Crippen LogP contribution in [-0.4, -0.2) is 43.0 Å². The zero-order valence-corrected chi connectivity index (χ0v) is 14.8. The first-order valence-corrected chi connectivity index (χ1v) is 8.91. The van der Waals surface area contributed by atoms with Gasteiger partial charge in [-0.25, -0.2) is 0 Å². The molecule has 1 N–H and O–H groups in total. The zero-order chi connectivity index (χ0) is 18.7. The molecule has 140 valence electrons. The highest BCUT2D eigenvalue weighted by Crippen LogP contribution is 2.41. The maximum absolute atomic E-state index is 12.1. The fourth-order valence-electron chi connectivity index (χ4n) is 4.09. The number of hydrogen-bond donors (Lipinski definition) is 1. The van der Waals surface area contributed by atoms with E-state index in [4.69, 9.17) is 0 Å². The molecule has 1 heterocycles. The molecular formula is C18H23N3O5. The average Bonchev–Trinajstić information content (AvgIpc) is 3.09. The van der Waals surface area contributed by atoms with Crippen LogP contribution < -0.4 is 10.2 Å². The van der Waals surface area contributed by atoms with E-state index in [0.29, 0.717) is 17.6 Å². The van der Waals surface area contributed by atoms with Crippen molar-refractivity contribution in [3.8, 4) is 0 Å². The quantitative estimate of drug-likeness (QED) is 0.490. The van der Waals surface area contributed by atoms with Gasteiger partial charge >= 0.3 is 5.97 Å². The van der Waals surface area contributed by atoms with Gasteiger partial charge in [-0.3, -0.25) is 19.7 Å². The molecule has 1 amide bonds. The van der Waals surface area contributed by atoms with Crippen molar-refractivity contribution < 1.29 is 19.2 Å². The maximum atomic E-state index is 12.1. The molecule has 1 saturated heterocycles. The molecule has 0 aromatic heterocycles. The van der Waals surface area contributed by atoms with E-state index in [9.17, 15) is 19.7 Å². The van der Waals surface area contributed by atoms with Crippen LogP contribution in [0, 0.1) is 16.0 Å². The number of carbonyl (C=O) groups is 2. The van der Waals surface area contributed by atoms with Crippen LogP contribution in [0.3, 0.4) is 0 Å². The summed E-state index contributed by atoms with van der Waals surface area (Å²) >= 11 is 0. The maximum Gasteiger partial charge on any atom is 0.325 e. The summed E-state index contributed by atoms with van der Waals surface area (Å²) in [6, 6.07) is 4.87. The third kappa shape index (κ3) is 3.63. The van der Waals surface area contributed by atoms with Crippen LogP contribution in [0.25, 0.3) is 0 Å². The molecule has 2 fully saturated rings. The molecule has 0 radical (unpaired) electrons. The Balaban J connectivity index is 1.82. The molecule has 8 heteroatoms. The SMILES string of the molecule is COC(=O)CNC(=O)c1ccc(N2CCC3CCCCC32)c([N+](=O)[O-])c1. The fraction of sp³-hybridized carbons (Fsp3) is 0.556. The van der Waals surface area contributed by atoms with Crippen LogP contribution >= 0.6 is 0 Å². The predicted octanol–water partition coefficient (Wildman–Crippen LogP) is 2.27. The minimum atomic E-state index is -0.579. The third-order valence-corrected chi connectivity index (χ3v) is 5.37. The lowest BCUT2D eigenvalue weighted by molar-refractivity contribution is -0.384. The number of benzene rings is 1. The third-order valence-electron chi connectivity index (χ3n) is 5.37. The molecule has 1 aliphatic heterocycles. The van der Waals surface area contributed by atoms with Crippen molar-refractivity contribution in [2.24, 2.45) is 5.92 Å². The van der Waals surface area contributed by atoms with E-state index in [-0.39, 0.29) is 17.8 Å². The Bertz CT molecular complexity index is 721. The highest BCUT2D eigenvalue weighted by Gasteiger charge is 2.38. The number of fused-ring (bicyclic) bond motifs is 1. The molecule has 2 unspecified atom stereocenters. The van der Waals surface area contributed by atoms with E-state index in [1.165, 1.54) is 26.0 Å². The number of nitrogens with one attached hydrogen (secondary N) is 1. The summed E-state index contributed by atoms with van der Waals surface area (Å²) in [6.45, 7) is 0.533. The number of hydrogen-bond acceptors (Lipinski definition) is 6.